The standard InChI is InChI=1S/C15H22N4O2/c1-2-19-8-4-7-13(19)10-17-15(20)12-6-3-5-11(9-12)14(16)18-21/h3,5-6,9,13,21H,2,4,7-8,10H2,1H3,(H2,16,18)(H,17,20). The van der Waals surface area contributed by atoms with Crippen molar-refractivity contribution in [3.8, 4) is 0 Å². The number of hydrogen-bond donors (Lipinski definition) is 3. The summed E-state index contributed by atoms with van der Waals surface area (Å²) in [5.74, 6) is -0.136. The first-order valence-electron chi connectivity index (χ1n) is 7.26. The summed E-state index contributed by atoms with van der Waals surface area (Å²) in [6.45, 7) is 4.91. The summed E-state index contributed by atoms with van der Waals surface area (Å²) in [5, 5.41) is 14.6. The van der Waals surface area contributed by atoms with E-state index in [1.165, 1.54) is 6.42 Å². The van der Waals surface area contributed by atoms with Crippen LogP contribution >= 0.6 is 0 Å². The van der Waals surface area contributed by atoms with Gasteiger partial charge in [0.15, 0.2) is 5.84 Å². The fraction of sp³-hybridized carbons (Fsp3) is 0.467. The number of carbonyl (C=O) groups is 1. The molecular weight excluding hydrogens is 268 g/mol. The van der Waals surface area contributed by atoms with E-state index in [4.69, 9.17) is 10.9 Å². The second-order valence-electron chi connectivity index (χ2n) is 5.20. The lowest BCUT2D eigenvalue weighted by Crippen LogP contribution is -2.40. The molecule has 1 heterocycles. The Bertz CT molecular complexity index is 530. The summed E-state index contributed by atoms with van der Waals surface area (Å²) < 4.78 is 0. The van der Waals surface area contributed by atoms with E-state index in [0.29, 0.717) is 23.7 Å². The van der Waals surface area contributed by atoms with Gasteiger partial charge in [0.05, 0.1) is 0 Å². The molecule has 0 bridgehead atoms. The van der Waals surface area contributed by atoms with E-state index < -0.39 is 0 Å². The molecule has 1 aliphatic heterocycles. The number of nitrogens with zero attached hydrogens (tertiary/aromatic N) is 2. The molecule has 1 unspecified atom stereocenters. The van der Waals surface area contributed by atoms with Gasteiger partial charge in [-0.15, -0.1) is 0 Å². The molecule has 114 valence electrons. The molecule has 0 saturated carbocycles. The number of benzene rings is 1. The van der Waals surface area contributed by atoms with E-state index in [1.807, 2.05) is 0 Å². The van der Waals surface area contributed by atoms with E-state index in [-0.39, 0.29) is 11.7 Å². The summed E-state index contributed by atoms with van der Waals surface area (Å²) in [5.41, 5.74) is 6.58. The third kappa shape index (κ3) is 3.72. The largest absolute Gasteiger partial charge is 0.409 e. The lowest BCUT2D eigenvalue weighted by atomic mass is 10.1. The molecule has 0 radical (unpaired) electrons. The minimum absolute atomic E-state index is 0.00222. The Hall–Kier alpha value is -2.08. The van der Waals surface area contributed by atoms with Crippen molar-refractivity contribution in [2.75, 3.05) is 19.6 Å². The number of oxime groups is 1. The molecular formula is C15H22N4O2. The average Bonchev–Trinajstić information content (AvgIpc) is 2.99. The molecule has 21 heavy (non-hydrogen) atoms. The Kier molecular flexibility index (Phi) is 5.16. The highest BCUT2D eigenvalue weighted by Gasteiger charge is 2.23. The predicted molar refractivity (Wildman–Crippen MR) is 81.6 cm³/mol. The summed E-state index contributed by atoms with van der Waals surface area (Å²) in [7, 11) is 0. The maximum Gasteiger partial charge on any atom is 0.251 e. The van der Waals surface area contributed by atoms with Crippen LogP contribution in [0.2, 0.25) is 0 Å². The first-order chi connectivity index (χ1) is 10.2. The molecule has 1 atom stereocenters. The highest BCUT2D eigenvalue weighted by molar-refractivity contribution is 6.01. The van der Waals surface area contributed by atoms with Crippen LogP contribution < -0.4 is 11.1 Å². The van der Waals surface area contributed by atoms with E-state index in [0.717, 1.165) is 19.5 Å². The maximum absolute atomic E-state index is 12.2. The Morgan fingerprint density at radius 2 is 2.29 bits per heavy atom. The van der Waals surface area contributed by atoms with Gasteiger partial charge in [-0.05, 0) is 38.1 Å². The molecule has 2 rings (SSSR count). The molecule has 1 aromatic rings. The molecule has 0 spiro atoms. The normalized spacial score (nSPS) is 19.7. The molecule has 1 amide bonds. The molecule has 1 saturated heterocycles. The smallest absolute Gasteiger partial charge is 0.251 e. The molecule has 4 N–H and O–H groups in total. The van der Waals surface area contributed by atoms with Gasteiger partial charge in [0.25, 0.3) is 5.91 Å². The minimum Gasteiger partial charge on any atom is -0.409 e. The lowest BCUT2D eigenvalue weighted by molar-refractivity contribution is 0.0941. The number of likely N-dealkylation sites (tertiary alicyclic amines) is 1. The lowest BCUT2D eigenvalue weighted by Gasteiger charge is -2.22. The van der Waals surface area contributed by atoms with Crippen LogP contribution in [0.3, 0.4) is 0 Å². The second-order valence-corrected chi connectivity index (χ2v) is 5.20. The van der Waals surface area contributed by atoms with Crippen LogP contribution in [-0.4, -0.2) is 47.5 Å². The first-order valence-corrected chi connectivity index (χ1v) is 7.26. The van der Waals surface area contributed by atoms with Gasteiger partial charge in [-0.2, -0.15) is 0 Å². The van der Waals surface area contributed by atoms with Gasteiger partial charge in [0.1, 0.15) is 0 Å². The van der Waals surface area contributed by atoms with E-state index in [1.54, 1.807) is 24.3 Å². The highest BCUT2D eigenvalue weighted by Crippen LogP contribution is 2.15. The minimum atomic E-state index is -0.134. The first kappa shape index (κ1) is 15.3. The van der Waals surface area contributed by atoms with Crippen LogP contribution in [0, 0.1) is 0 Å². The highest BCUT2D eigenvalue weighted by atomic mass is 16.4. The van der Waals surface area contributed by atoms with Gasteiger partial charge in [-0.25, -0.2) is 0 Å². The van der Waals surface area contributed by atoms with Crippen LogP contribution in [0.5, 0.6) is 0 Å². The number of hydrogen-bond acceptors (Lipinski definition) is 4. The molecule has 6 heteroatoms. The van der Waals surface area contributed by atoms with Crippen molar-refractivity contribution in [3.63, 3.8) is 0 Å². The van der Waals surface area contributed by atoms with Crippen molar-refractivity contribution in [2.24, 2.45) is 10.9 Å². The van der Waals surface area contributed by atoms with Crippen molar-refractivity contribution in [1.82, 2.24) is 10.2 Å². The number of likely N-dealkylation sites (N-methyl/N-ethyl adjacent to an activating group) is 1. The van der Waals surface area contributed by atoms with Crippen LogP contribution in [0.25, 0.3) is 0 Å². The Balaban J connectivity index is 1.97. The number of carbonyl (C=O) groups excluding carboxylic acids is 1. The van der Waals surface area contributed by atoms with Crippen molar-refractivity contribution < 1.29 is 10.0 Å². The van der Waals surface area contributed by atoms with E-state index in [2.05, 4.69) is 22.3 Å². The Labute approximate surface area is 124 Å². The molecule has 1 fully saturated rings. The second kappa shape index (κ2) is 7.08. The van der Waals surface area contributed by atoms with Crippen LogP contribution in [-0.2, 0) is 0 Å². The summed E-state index contributed by atoms with van der Waals surface area (Å²) >= 11 is 0. The number of rotatable bonds is 5. The van der Waals surface area contributed by atoms with E-state index in [9.17, 15) is 4.79 Å². The summed E-state index contributed by atoms with van der Waals surface area (Å²) in [4.78, 5) is 14.6. The fourth-order valence-electron chi connectivity index (χ4n) is 2.73. The van der Waals surface area contributed by atoms with Gasteiger partial charge in [0, 0.05) is 23.7 Å². The quantitative estimate of drug-likeness (QED) is 0.326. The van der Waals surface area contributed by atoms with E-state index >= 15 is 0 Å². The number of nitrogens with two attached hydrogens (primary N) is 1. The molecule has 0 aliphatic carbocycles. The zero-order chi connectivity index (χ0) is 15.2. The topological polar surface area (TPSA) is 91.0 Å². The van der Waals surface area contributed by atoms with Crippen molar-refractivity contribution >= 4 is 11.7 Å². The molecule has 1 aromatic carbocycles. The van der Waals surface area contributed by atoms with Crippen LogP contribution in [0.15, 0.2) is 29.4 Å². The Morgan fingerprint density at radius 3 is 3.00 bits per heavy atom. The molecule has 6 nitrogen and oxygen atoms in total. The maximum atomic E-state index is 12.2. The van der Waals surface area contributed by atoms with Crippen LogP contribution in [0.4, 0.5) is 0 Å². The van der Waals surface area contributed by atoms with Crippen molar-refractivity contribution in [3.05, 3.63) is 35.4 Å². The van der Waals surface area contributed by atoms with Gasteiger partial charge in [0.2, 0.25) is 0 Å². The molecule has 0 aromatic heterocycles. The third-order valence-electron chi connectivity index (χ3n) is 3.93. The van der Waals surface area contributed by atoms with Crippen LogP contribution in [0.1, 0.15) is 35.7 Å². The number of amidine groups is 1. The zero-order valence-electron chi connectivity index (χ0n) is 12.2. The zero-order valence-corrected chi connectivity index (χ0v) is 12.2. The number of amides is 1. The predicted octanol–water partition coefficient (Wildman–Crippen LogP) is 0.995. The van der Waals surface area contributed by atoms with Crippen molar-refractivity contribution in [2.45, 2.75) is 25.8 Å². The van der Waals surface area contributed by atoms with Gasteiger partial charge < -0.3 is 16.3 Å². The molecule has 1 aliphatic rings. The number of nitrogens with one attached hydrogen (secondary N) is 1. The summed E-state index contributed by atoms with van der Waals surface area (Å²) in [6, 6.07) is 7.18. The summed E-state index contributed by atoms with van der Waals surface area (Å²) in [6.07, 6.45) is 2.31. The Morgan fingerprint density at radius 1 is 1.52 bits per heavy atom. The monoisotopic (exact) mass is 290 g/mol. The van der Waals surface area contributed by atoms with Gasteiger partial charge in [-0.1, -0.05) is 24.2 Å². The van der Waals surface area contributed by atoms with Crippen molar-refractivity contribution in [1.29, 1.82) is 0 Å². The average molecular weight is 290 g/mol. The van der Waals surface area contributed by atoms with Gasteiger partial charge in [-0.3, -0.25) is 9.69 Å². The van der Waals surface area contributed by atoms with Gasteiger partial charge >= 0.3 is 0 Å². The SMILES string of the molecule is CCN1CCCC1CNC(=O)c1cccc(/C(N)=N/O)c1. The third-order valence-corrected chi connectivity index (χ3v) is 3.93. The fourth-order valence-corrected chi connectivity index (χ4v) is 2.73.